The van der Waals surface area contributed by atoms with E-state index in [1.54, 1.807) is 0 Å². The van der Waals surface area contributed by atoms with Gasteiger partial charge in [-0.1, -0.05) is 6.92 Å². The van der Waals surface area contributed by atoms with E-state index in [2.05, 4.69) is 17.6 Å². The molecule has 1 amide bonds. The molecule has 1 aliphatic rings. The van der Waals surface area contributed by atoms with Crippen LogP contribution in [0.3, 0.4) is 0 Å². The van der Waals surface area contributed by atoms with Crippen molar-refractivity contribution >= 4 is 5.91 Å². The molecular formula is C15H22N2O2. The Bertz CT molecular complexity index is 413. The van der Waals surface area contributed by atoms with Crippen molar-refractivity contribution in [3.63, 3.8) is 0 Å². The van der Waals surface area contributed by atoms with E-state index in [4.69, 9.17) is 4.74 Å². The third-order valence-electron chi connectivity index (χ3n) is 3.45. The highest BCUT2D eigenvalue weighted by molar-refractivity contribution is 5.94. The molecule has 19 heavy (non-hydrogen) atoms. The van der Waals surface area contributed by atoms with Crippen molar-refractivity contribution in [1.82, 2.24) is 10.6 Å². The number of nitrogens with one attached hydrogen (secondary N) is 2. The average molecular weight is 262 g/mol. The van der Waals surface area contributed by atoms with Crippen LogP contribution in [0.5, 0.6) is 5.75 Å². The molecule has 4 nitrogen and oxygen atoms in total. The highest BCUT2D eigenvalue weighted by Gasteiger charge is 2.17. The Balaban J connectivity index is 1.84. The van der Waals surface area contributed by atoms with Gasteiger partial charge in [0.15, 0.2) is 0 Å². The molecule has 1 atom stereocenters. The van der Waals surface area contributed by atoms with Crippen LogP contribution in [-0.2, 0) is 0 Å². The lowest BCUT2D eigenvalue weighted by Crippen LogP contribution is -2.48. The predicted octanol–water partition coefficient (Wildman–Crippen LogP) is 1.81. The van der Waals surface area contributed by atoms with Crippen LogP contribution >= 0.6 is 0 Å². The van der Waals surface area contributed by atoms with E-state index in [9.17, 15) is 4.79 Å². The van der Waals surface area contributed by atoms with E-state index in [1.165, 1.54) is 0 Å². The van der Waals surface area contributed by atoms with Crippen LogP contribution in [-0.4, -0.2) is 31.6 Å². The number of carbonyl (C=O) groups excluding carboxylic acids is 1. The smallest absolute Gasteiger partial charge is 0.251 e. The molecule has 0 spiro atoms. The molecule has 1 aromatic carbocycles. The Kier molecular flexibility index (Phi) is 4.80. The largest absolute Gasteiger partial charge is 0.491 e. The number of benzene rings is 1. The van der Waals surface area contributed by atoms with Crippen LogP contribution in [0.1, 0.15) is 30.6 Å². The van der Waals surface area contributed by atoms with Gasteiger partial charge in [-0.3, -0.25) is 4.79 Å². The second-order valence-electron chi connectivity index (χ2n) is 5.10. The second kappa shape index (κ2) is 6.57. The molecule has 4 heteroatoms. The first-order chi connectivity index (χ1) is 9.19. The zero-order valence-corrected chi connectivity index (χ0v) is 11.6. The van der Waals surface area contributed by atoms with Gasteiger partial charge in [0.25, 0.3) is 5.91 Å². The Labute approximate surface area is 114 Å². The fourth-order valence-corrected chi connectivity index (χ4v) is 1.83. The van der Waals surface area contributed by atoms with Crippen molar-refractivity contribution in [2.75, 3.05) is 19.6 Å². The number of hydrogen-bond acceptors (Lipinski definition) is 3. The maximum atomic E-state index is 11.9. The zero-order chi connectivity index (χ0) is 13.7. The molecule has 2 N–H and O–H groups in total. The minimum Gasteiger partial charge on any atom is -0.491 e. The lowest BCUT2D eigenvalue weighted by molar-refractivity contribution is 0.0942. The monoisotopic (exact) mass is 262 g/mol. The highest BCUT2D eigenvalue weighted by atomic mass is 16.5. The fourth-order valence-electron chi connectivity index (χ4n) is 1.83. The first-order valence-electron chi connectivity index (χ1n) is 6.94. The quantitative estimate of drug-likeness (QED) is 0.822. The molecule has 0 bridgehead atoms. The van der Waals surface area contributed by atoms with Gasteiger partial charge in [0.05, 0.1) is 6.10 Å². The van der Waals surface area contributed by atoms with Gasteiger partial charge in [0.1, 0.15) is 5.75 Å². The van der Waals surface area contributed by atoms with E-state index < -0.39 is 0 Å². The summed E-state index contributed by atoms with van der Waals surface area (Å²) in [7, 11) is 0. The van der Waals surface area contributed by atoms with Crippen molar-refractivity contribution in [3.05, 3.63) is 29.8 Å². The summed E-state index contributed by atoms with van der Waals surface area (Å²) in [4.78, 5) is 11.9. The van der Waals surface area contributed by atoms with E-state index >= 15 is 0 Å². The highest BCUT2D eigenvalue weighted by Crippen LogP contribution is 2.15. The van der Waals surface area contributed by atoms with Gasteiger partial charge in [-0.05, 0) is 37.6 Å². The van der Waals surface area contributed by atoms with Crippen LogP contribution in [0.15, 0.2) is 24.3 Å². The zero-order valence-electron chi connectivity index (χ0n) is 11.6. The van der Waals surface area contributed by atoms with Gasteiger partial charge in [-0.15, -0.1) is 0 Å². The number of amides is 1. The third kappa shape index (κ3) is 3.96. The molecule has 0 aromatic heterocycles. The SMILES string of the molecule is CCC(C)Oc1ccc(C(=O)NCC2CNC2)cc1. The van der Waals surface area contributed by atoms with E-state index in [1.807, 2.05) is 31.2 Å². The first kappa shape index (κ1) is 13.9. The molecular weight excluding hydrogens is 240 g/mol. The number of ether oxygens (including phenoxy) is 1. The summed E-state index contributed by atoms with van der Waals surface area (Å²) in [5.74, 6) is 1.38. The van der Waals surface area contributed by atoms with Crippen LogP contribution < -0.4 is 15.4 Å². The molecule has 2 rings (SSSR count). The van der Waals surface area contributed by atoms with Crippen LogP contribution in [0.2, 0.25) is 0 Å². The summed E-state index contributed by atoms with van der Waals surface area (Å²) >= 11 is 0. The van der Waals surface area contributed by atoms with Gasteiger partial charge in [0.2, 0.25) is 0 Å². The molecule has 1 saturated heterocycles. The minimum atomic E-state index is -0.0120. The second-order valence-corrected chi connectivity index (χ2v) is 5.10. The standard InChI is InChI=1S/C15H22N2O2/c1-3-11(2)19-14-6-4-13(5-7-14)15(18)17-10-12-8-16-9-12/h4-7,11-12,16H,3,8-10H2,1-2H3,(H,17,18). The van der Waals surface area contributed by atoms with Gasteiger partial charge < -0.3 is 15.4 Å². The Hall–Kier alpha value is -1.55. The van der Waals surface area contributed by atoms with Gasteiger partial charge in [-0.2, -0.15) is 0 Å². The maximum Gasteiger partial charge on any atom is 0.251 e. The van der Waals surface area contributed by atoms with E-state index in [0.717, 1.165) is 31.8 Å². The van der Waals surface area contributed by atoms with Crippen LogP contribution in [0.4, 0.5) is 0 Å². The minimum absolute atomic E-state index is 0.0120. The summed E-state index contributed by atoms with van der Waals surface area (Å²) in [5.41, 5.74) is 0.684. The summed E-state index contributed by atoms with van der Waals surface area (Å²) in [5, 5.41) is 6.14. The van der Waals surface area contributed by atoms with Gasteiger partial charge in [0, 0.05) is 31.1 Å². The Morgan fingerprint density at radius 2 is 2.11 bits per heavy atom. The summed E-state index contributed by atoms with van der Waals surface area (Å²) in [6.45, 7) is 6.87. The lowest BCUT2D eigenvalue weighted by Gasteiger charge is -2.27. The van der Waals surface area contributed by atoms with Crippen LogP contribution in [0, 0.1) is 5.92 Å². The van der Waals surface area contributed by atoms with Crippen LogP contribution in [0.25, 0.3) is 0 Å². The average Bonchev–Trinajstić information content (AvgIpc) is 2.37. The molecule has 1 unspecified atom stereocenters. The van der Waals surface area contributed by atoms with Crippen molar-refractivity contribution in [3.8, 4) is 5.75 Å². The predicted molar refractivity (Wildman–Crippen MR) is 75.5 cm³/mol. The fraction of sp³-hybridized carbons (Fsp3) is 0.533. The van der Waals surface area contributed by atoms with Crippen molar-refractivity contribution < 1.29 is 9.53 Å². The molecule has 1 aliphatic heterocycles. The van der Waals surface area contributed by atoms with Crippen molar-refractivity contribution in [2.24, 2.45) is 5.92 Å². The summed E-state index contributed by atoms with van der Waals surface area (Å²) < 4.78 is 5.68. The molecule has 1 aromatic rings. The van der Waals surface area contributed by atoms with Gasteiger partial charge >= 0.3 is 0 Å². The van der Waals surface area contributed by atoms with E-state index in [0.29, 0.717) is 11.5 Å². The molecule has 0 aliphatic carbocycles. The summed E-state index contributed by atoms with van der Waals surface area (Å²) in [6, 6.07) is 7.33. The maximum absolute atomic E-state index is 11.9. The topological polar surface area (TPSA) is 50.4 Å². The summed E-state index contributed by atoms with van der Waals surface area (Å²) in [6.07, 6.45) is 1.17. The normalized spacial score (nSPS) is 16.5. The first-order valence-corrected chi connectivity index (χ1v) is 6.94. The Morgan fingerprint density at radius 1 is 1.42 bits per heavy atom. The molecule has 0 saturated carbocycles. The molecule has 0 radical (unpaired) electrons. The lowest BCUT2D eigenvalue weighted by atomic mass is 10.0. The molecule has 1 heterocycles. The van der Waals surface area contributed by atoms with Crippen molar-refractivity contribution in [2.45, 2.75) is 26.4 Å². The number of hydrogen-bond donors (Lipinski definition) is 2. The number of rotatable bonds is 6. The molecule has 1 fully saturated rings. The Morgan fingerprint density at radius 3 is 2.63 bits per heavy atom. The van der Waals surface area contributed by atoms with Crippen molar-refractivity contribution in [1.29, 1.82) is 0 Å². The van der Waals surface area contributed by atoms with E-state index in [-0.39, 0.29) is 12.0 Å². The van der Waals surface area contributed by atoms with Gasteiger partial charge in [-0.25, -0.2) is 0 Å². The molecule has 104 valence electrons. The number of carbonyl (C=O) groups is 1. The third-order valence-corrected chi connectivity index (χ3v) is 3.45.